The number of fused-ring (bicyclic) bond motifs is 1. The fourth-order valence-electron chi connectivity index (χ4n) is 6.74. The fourth-order valence-corrected chi connectivity index (χ4v) is 6.97. The van der Waals surface area contributed by atoms with Gasteiger partial charge in [-0.25, -0.2) is 0 Å². The van der Waals surface area contributed by atoms with Crippen LogP contribution >= 0.6 is 11.6 Å². The van der Waals surface area contributed by atoms with Gasteiger partial charge in [-0.3, -0.25) is 14.4 Å². The number of para-hydroxylation sites is 1. The zero-order valence-corrected chi connectivity index (χ0v) is 22.7. The number of hydrogen-bond acceptors (Lipinski definition) is 4. The number of likely N-dealkylation sites (tertiary alicyclic amines) is 1. The molecule has 1 aliphatic carbocycles. The molecule has 37 heavy (non-hydrogen) atoms. The number of hydrogen-bond donors (Lipinski definition) is 4. The minimum absolute atomic E-state index is 0.0237. The van der Waals surface area contributed by atoms with E-state index >= 15 is 0 Å². The number of halogens is 1. The molecule has 2 aromatic rings. The highest BCUT2D eigenvalue weighted by atomic mass is 35.5. The van der Waals surface area contributed by atoms with E-state index in [0.717, 1.165) is 43.0 Å². The van der Waals surface area contributed by atoms with Crippen LogP contribution in [-0.4, -0.2) is 58.9 Å². The Labute approximate surface area is 223 Å². The lowest BCUT2D eigenvalue weighted by atomic mass is 9.72. The Kier molecular flexibility index (Phi) is 7.00. The average Bonchev–Trinajstić information content (AvgIpc) is 3.52. The van der Waals surface area contributed by atoms with Crippen molar-refractivity contribution in [3.05, 3.63) is 35.0 Å². The summed E-state index contributed by atoms with van der Waals surface area (Å²) in [5.41, 5.74) is 0.912. The average molecular weight is 528 g/mol. The first-order valence-electron chi connectivity index (χ1n) is 13.5. The van der Waals surface area contributed by atoms with Gasteiger partial charge in [0, 0.05) is 23.4 Å². The number of rotatable bonds is 6. The number of aromatic amines is 1. The van der Waals surface area contributed by atoms with Gasteiger partial charge in [-0.15, -0.1) is 0 Å². The standard InChI is InChI=1S/C28H38ClN5O3/c1-27(2)14-18(24(35)33-27)13-22(30-3)32-25(36)21-15-28(10-5-4-6-11-28)16-34(21)26(37)20-12-17-8-7-9-19(29)23(17)31-20/h7-9,12,18,21-22,30-31H,4-6,10-11,13-16H2,1-3H3,(H,32,36)(H,33,35)/t18-,21?,22+/m1/s1. The summed E-state index contributed by atoms with van der Waals surface area (Å²) in [5.74, 6) is -0.486. The quantitative estimate of drug-likeness (QED) is 0.427. The minimum atomic E-state index is -0.558. The molecule has 4 N–H and O–H groups in total. The summed E-state index contributed by atoms with van der Waals surface area (Å²) in [7, 11) is 1.79. The third-order valence-electron chi connectivity index (χ3n) is 8.60. The van der Waals surface area contributed by atoms with E-state index in [1.54, 1.807) is 18.0 Å². The largest absolute Gasteiger partial charge is 0.351 e. The van der Waals surface area contributed by atoms with E-state index in [1.165, 1.54) is 6.42 Å². The van der Waals surface area contributed by atoms with Crippen LogP contribution in [0.4, 0.5) is 0 Å². The Hall–Kier alpha value is -2.58. The molecule has 200 valence electrons. The monoisotopic (exact) mass is 527 g/mol. The molecule has 5 rings (SSSR count). The van der Waals surface area contributed by atoms with Crippen molar-refractivity contribution >= 4 is 40.2 Å². The van der Waals surface area contributed by atoms with E-state index in [1.807, 2.05) is 32.0 Å². The number of nitrogens with zero attached hydrogens (tertiary/aromatic N) is 1. The molecule has 1 spiro atoms. The molecule has 1 unspecified atom stereocenters. The van der Waals surface area contributed by atoms with Crippen molar-refractivity contribution in [2.45, 2.75) is 83.0 Å². The Morgan fingerprint density at radius 2 is 1.95 bits per heavy atom. The summed E-state index contributed by atoms with van der Waals surface area (Å²) in [5, 5.41) is 10.8. The van der Waals surface area contributed by atoms with Gasteiger partial charge in [0.2, 0.25) is 11.8 Å². The van der Waals surface area contributed by atoms with E-state index in [2.05, 4.69) is 20.9 Å². The van der Waals surface area contributed by atoms with Gasteiger partial charge < -0.3 is 25.8 Å². The van der Waals surface area contributed by atoms with Crippen LogP contribution in [0.1, 0.15) is 75.7 Å². The van der Waals surface area contributed by atoms with Gasteiger partial charge in [-0.05, 0) is 70.5 Å². The van der Waals surface area contributed by atoms with Crippen molar-refractivity contribution in [2.24, 2.45) is 11.3 Å². The van der Waals surface area contributed by atoms with Crippen LogP contribution in [0.5, 0.6) is 0 Å². The Balaban J connectivity index is 1.36. The van der Waals surface area contributed by atoms with Crippen molar-refractivity contribution in [3.8, 4) is 0 Å². The number of amides is 3. The van der Waals surface area contributed by atoms with Crippen molar-refractivity contribution in [1.29, 1.82) is 0 Å². The molecule has 1 saturated carbocycles. The predicted octanol–water partition coefficient (Wildman–Crippen LogP) is 3.95. The molecule has 1 aromatic carbocycles. The van der Waals surface area contributed by atoms with E-state index in [9.17, 15) is 14.4 Å². The molecule has 0 radical (unpaired) electrons. The van der Waals surface area contributed by atoms with Crippen LogP contribution in [-0.2, 0) is 9.59 Å². The third kappa shape index (κ3) is 5.23. The number of nitrogens with one attached hydrogen (secondary N) is 4. The molecule has 8 nitrogen and oxygen atoms in total. The van der Waals surface area contributed by atoms with Crippen molar-refractivity contribution in [3.63, 3.8) is 0 Å². The highest BCUT2D eigenvalue weighted by Crippen LogP contribution is 2.47. The number of carbonyl (C=O) groups excluding carboxylic acids is 3. The van der Waals surface area contributed by atoms with Gasteiger partial charge in [0.1, 0.15) is 11.7 Å². The SMILES string of the molecule is CN[C@H](C[C@@H]1CC(C)(C)NC1=O)NC(=O)C1CC2(CCCCC2)CN1C(=O)c1cc2cccc(Cl)c2[nH]1. The first kappa shape index (κ1) is 26.0. The first-order valence-corrected chi connectivity index (χ1v) is 13.9. The summed E-state index contributed by atoms with van der Waals surface area (Å²) in [6, 6.07) is 6.84. The molecular formula is C28H38ClN5O3. The molecule has 9 heteroatoms. The normalized spacial score (nSPS) is 25.4. The molecule has 3 heterocycles. The van der Waals surface area contributed by atoms with Gasteiger partial charge >= 0.3 is 0 Å². The lowest BCUT2D eigenvalue weighted by molar-refractivity contribution is -0.127. The maximum Gasteiger partial charge on any atom is 0.271 e. The zero-order chi connectivity index (χ0) is 26.4. The molecule has 3 amide bonds. The maximum atomic E-state index is 13.8. The summed E-state index contributed by atoms with van der Waals surface area (Å²) < 4.78 is 0. The number of benzene rings is 1. The van der Waals surface area contributed by atoms with E-state index in [-0.39, 0.29) is 40.8 Å². The summed E-state index contributed by atoms with van der Waals surface area (Å²) in [6.07, 6.45) is 7.06. The Morgan fingerprint density at radius 3 is 2.59 bits per heavy atom. The second-order valence-corrected chi connectivity index (χ2v) is 12.4. The van der Waals surface area contributed by atoms with Gasteiger partial charge in [0.05, 0.1) is 16.7 Å². The molecular weight excluding hydrogens is 490 g/mol. The van der Waals surface area contributed by atoms with Crippen LogP contribution in [0.2, 0.25) is 5.02 Å². The molecule has 1 aromatic heterocycles. The van der Waals surface area contributed by atoms with Gasteiger partial charge in [0.15, 0.2) is 0 Å². The van der Waals surface area contributed by atoms with Crippen molar-refractivity contribution in [2.75, 3.05) is 13.6 Å². The zero-order valence-electron chi connectivity index (χ0n) is 22.0. The molecule has 0 bridgehead atoms. The lowest BCUT2D eigenvalue weighted by Crippen LogP contribution is -2.53. The molecule has 3 fully saturated rings. The first-order chi connectivity index (χ1) is 17.6. The number of aromatic nitrogens is 1. The van der Waals surface area contributed by atoms with Crippen molar-refractivity contribution in [1.82, 2.24) is 25.8 Å². The fraction of sp³-hybridized carbons (Fsp3) is 0.607. The predicted molar refractivity (Wildman–Crippen MR) is 144 cm³/mol. The van der Waals surface area contributed by atoms with Gasteiger partial charge in [0.25, 0.3) is 5.91 Å². The van der Waals surface area contributed by atoms with E-state index in [4.69, 9.17) is 11.6 Å². The number of carbonyl (C=O) groups is 3. The van der Waals surface area contributed by atoms with Crippen LogP contribution < -0.4 is 16.0 Å². The molecule has 2 saturated heterocycles. The maximum absolute atomic E-state index is 13.8. The second kappa shape index (κ2) is 9.95. The summed E-state index contributed by atoms with van der Waals surface area (Å²) >= 11 is 6.35. The van der Waals surface area contributed by atoms with Gasteiger partial charge in [-0.2, -0.15) is 0 Å². The number of H-pyrrole nitrogens is 1. The smallest absolute Gasteiger partial charge is 0.271 e. The summed E-state index contributed by atoms with van der Waals surface area (Å²) in [4.78, 5) is 45.0. The minimum Gasteiger partial charge on any atom is -0.351 e. The highest BCUT2D eigenvalue weighted by molar-refractivity contribution is 6.35. The Bertz CT molecular complexity index is 1200. The van der Waals surface area contributed by atoms with Crippen LogP contribution in [0.3, 0.4) is 0 Å². The molecule has 3 atom stereocenters. The molecule has 3 aliphatic rings. The highest BCUT2D eigenvalue weighted by Gasteiger charge is 2.49. The van der Waals surface area contributed by atoms with Crippen LogP contribution in [0.25, 0.3) is 10.9 Å². The Morgan fingerprint density at radius 1 is 1.19 bits per heavy atom. The topological polar surface area (TPSA) is 106 Å². The second-order valence-electron chi connectivity index (χ2n) is 12.0. The van der Waals surface area contributed by atoms with E-state index < -0.39 is 6.04 Å². The van der Waals surface area contributed by atoms with Crippen LogP contribution in [0, 0.1) is 11.3 Å². The lowest BCUT2D eigenvalue weighted by Gasteiger charge is -2.32. The third-order valence-corrected chi connectivity index (χ3v) is 8.91. The van der Waals surface area contributed by atoms with Gasteiger partial charge in [-0.1, -0.05) is 43.0 Å². The van der Waals surface area contributed by atoms with Crippen molar-refractivity contribution < 1.29 is 14.4 Å². The summed E-state index contributed by atoms with van der Waals surface area (Å²) in [6.45, 7) is 4.61. The molecule has 2 aliphatic heterocycles. The van der Waals surface area contributed by atoms with Crippen LogP contribution in [0.15, 0.2) is 24.3 Å². The van der Waals surface area contributed by atoms with E-state index in [0.29, 0.717) is 30.1 Å².